The third kappa shape index (κ3) is 5.09. The zero-order valence-corrected chi connectivity index (χ0v) is 21.0. The van der Waals surface area contributed by atoms with E-state index in [1.165, 1.54) is 12.8 Å². The highest BCUT2D eigenvalue weighted by molar-refractivity contribution is 5.90. The first-order valence-corrected chi connectivity index (χ1v) is 12.5. The molecule has 1 saturated heterocycles. The molecule has 6 nitrogen and oxygen atoms in total. The van der Waals surface area contributed by atoms with E-state index in [9.17, 15) is 0 Å². The van der Waals surface area contributed by atoms with Crippen molar-refractivity contribution in [2.24, 2.45) is 0 Å². The van der Waals surface area contributed by atoms with E-state index in [0.29, 0.717) is 11.8 Å². The number of piperidine rings is 1. The van der Waals surface area contributed by atoms with Gasteiger partial charge in [0.05, 0.1) is 19.8 Å². The molecular formula is C30H32N2O4. The number of methoxy groups -OCH3 is 2. The van der Waals surface area contributed by atoms with Crippen LogP contribution < -0.4 is 19.5 Å². The van der Waals surface area contributed by atoms with Crippen molar-refractivity contribution in [2.45, 2.75) is 38.3 Å². The molecule has 1 N–H and O–H groups in total. The van der Waals surface area contributed by atoms with E-state index in [2.05, 4.69) is 17.4 Å². The standard InChI is InChI=1S/C30H32N2O4/c1-20(27-6-4-5-19-31-27)35-26-17-11-23(12-18-26)30-28(21-7-13-24(33-2)14-8-21)29(32-36-30)22-9-15-25(34-3)16-10-22/h7-18,20,27,31H,4-6,19H2,1-3H3. The smallest absolute Gasteiger partial charge is 0.175 e. The Morgan fingerprint density at radius 2 is 1.36 bits per heavy atom. The predicted octanol–water partition coefficient (Wildman–Crippen LogP) is 6.60. The van der Waals surface area contributed by atoms with E-state index in [0.717, 1.165) is 58.2 Å². The lowest BCUT2D eigenvalue weighted by atomic mass is 9.96. The van der Waals surface area contributed by atoms with Crippen molar-refractivity contribution in [3.63, 3.8) is 0 Å². The zero-order valence-electron chi connectivity index (χ0n) is 21.0. The summed E-state index contributed by atoms with van der Waals surface area (Å²) in [6.45, 7) is 3.20. The predicted molar refractivity (Wildman–Crippen MR) is 142 cm³/mol. The van der Waals surface area contributed by atoms with Crippen LogP contribution in [0.1, 0.15) is 26.2 Å². The summed E-state index contributed by atoms with van der Waals surface area (Å²) in [5.41, 5.74) is 4.58. The highest BCUT2D eigenvalue weighted by atomic mass is 16.5. The third-order valence-corrected chi connectivity index (χ3v) is 6.79. The summed E-state index contributed by atoms with van der Waals surface area (Å²) >= 11 is 0. The van der Waals surface area contributed by atoms with Gasteiger partial charge in [-0.1, -0.05) is 23.7 Å². The van der Waals surface area contributed by atoms with E-state index in [1.54, 1.807) is 14.2 Å². The highest BCUT2D eigenvalue weighted by Crippen LogP contribution is 2.41. The van der Waals surface area contributed by atoms with E-state index >= 15 is 0 Å². The van der Waals surface area contributed by atoms with Crippen LogP contribution >= 0.6 is 0 Å². The van der Waals surface area contributed by atoms with Crippen LogP contribution in [0.2, 0.25) is 0 Å². The molecule has 2 atom stereocenters. The Labute approximate surface area is 212 Å². The molecule has 6 heteroatoms. The quantitative estimate of drug-likeness (QED) is 0.304. The first kappa shape index (κ1) is 23.9. The minimum Gasteiger partial charge on any atom is -0.497 e. The Balaban J connectivity index is 1.47. The maximum Gasteiger partial charge on any atom is 0.175 e. The molecule has 2 heterocycles. The second kappa shape index (κ2) is 10.9. The van der Waals surface area contributed by atoms with Crippen LogP contribution in [0.25, 0.3) is 33.7 Å². The van der Waals surface area contributed by atoms with Crippen molar-refractivity contribution in [3.05, 3.63) is 72.8 Å². The number of aromatic nitrogens is 1. The summed E-state index contributed by atoms with van der Waals surface area (Å²) in [7, 11) is 3.32. The van der Waals surface area contributed by atoms with Crippen LogP contribution in [0.4, 0.5) is 0 Å². The van der Waals surface area contributed by atoms with Gasteiger partial charge in [-0.05, 0) is 92.5 Å². The monoisotopic (exact) mass is 484 g/mol. The van der Waals surface area contributed by atoms with Gasteiger partial charge in [-0.25, -0.2) is 0 Å². The number of ether oxygens (including phenoxy) is 3. The lowest BCUT2D eigenvalue weighted by Gasteiger charge is -2.29. The van der Waals surface area contributed by atoms with Crippen LogP contribution in [0.5, 0.6) is 17.2 Å². The van der Waals surface area contributed by atoms with Gasteiger partial charge in [0.1, 0.15) is 29.0 Å². The Morgan fingerprint density at radius 3 is 1.94 bits per heavy atom. The molecule has 2 unspecified atom stereocenters. The van der Waals surface area contributed by atoms with E-state index in [1.807, 2.05) is 72.8 Å². The zero-order chi connectivity index (χ0) is 24.9. The maximum atomic E-state index is 6.25. The van der Waals surface area contributed by atoms with E-state index < -0.39 is 0 Å². The molecule has 1 aromatic heterocycles. The topological polar surface area (TPSA) is 65.8 Å². The number of nitrogens with zero attached hydrogens (tertiary/aromatic N) is 1. The molecule has 0 radical (unpaired) electrons. The van der Waals surface area contributed by atoms with Crippen LogP contribution in [0, 0.1) is 0 Å². The molecule has 4 aromatic rings. The molecule has 36 heavy (non-hydrogen) atoms. The van der Waals surface area contributed by atoms with Crippen molar-refractivity contribution >= 4 is 0 Å². The summed E-state index contributed by atoms with van der Waals surface area (Å²) in [5.74, 6) is 3.14. The molecule has 186 valence electrons. The first-order valence-electron chi connectivity index (χ1n) is 12.5. The second-order valence-electron chi connectivity index (χ2n) is 9.10. The van der Waals surface area contributed by atoms with Crippen molar-refractivity contribution < 1.29 is 18.7 Å². The number of hydrogen-bond acceptors (Lipinski definition) is 6. The minimum atomic E-state index is 0.109. The molecule has 5 rings (SSSR count). The van der Waals surface area contributed by atoms with Gasteiger partial charge < -0.3 is 24.1 Å². The molecule has 3 aromatic carbocycles. The summed E-state index contributed by atoms with van der Waals surface area (Å²) in [4.78, 5) is 0. The summed E-state index contributed by atoms with van der Waals surface area (Å²) in [6.07, 6.45) is 3.75. The van der Waals surface area contributed by atoms with Crippen LogP contribution in [-0.4, -0.2) is 38.1 Å². The Morgan fingerprint density at radius 1 is 0.778 bits per heavy atom. The molecule has 0 bridgehead atoms. The molecule has 1 aliphatic rings. The van der Waals surface area contributed by atoms with Crippen molar-refractivity contribution in [1.82, 2.24) is 10.5 Å². The van der Waals surface area contributed by atoms with Gasteiger partial charge in [-0.15, -0.1) is 0 Å². The summed E-state index contributed by atoms with van der Waals surface area (Å²) in [6, 6.07) is 24.2. The normalized spacial score (nSPS) is 16.4. The molecule has 0 saturated carbocycles. The third-order valence-electron chi connectivity index (χ3n) is 6.79. The average molecular weight is 485 g/mol. The fraction of sp³-hybridized carbons (Fsp3) is 0.300. The van der Waals surface area contributed by atoms with Gasteiger partial charge in [0.15, 0.2) is 5.76 Å². The number of nitrogens with one attached hydrogen (secondary N) is 1. The fourth-order valence-electron chi connectivity index (χ4n) is 4.72. The van der Waals surface area contributed by atoms with Gasteiger partial charge in [0.2, 0.25) is 0 Å². The van der Waals surface area contributed by atoms with Crippen molar-refractivity contribution in [3.8, 4) is 51.0 Å². The van der Waals surface area contributed by atoms with Crippen molar-refractivity contribution in [2.75, 3.05) is 20.8 Å². The SMILES string of the molecule is COc1ccc(-c2noc(-c3ccc(OC(C)C4CCCCN4)cc3)c2-c2ccc(OC)cc2)cc1. The van der Waals surface area contributed by atoms with Gasteiger partial charge in [-0.3, -0.25) is 0 Å². The molecule has 0 amide bonds. The van der Waals surface area contributed by atoms with Gasteiger partial charge >= 0.3 is 0 Å². The molecule has 0 spiro atoms. The Kier molecular flexibility index (Phi) is 7.23. The lowest BCUT2D eigenvalue weighted by molar-refractivity contribution is 0.152. The molecular weight excluding hydrogens is 452 g/mol. The van der Waals surface area contributed by atoms with Crippen molar-refractivity contribution in [1.29, 1.82) is 0 Å². The average Bonchev–Trinajstić information content (AvgIpc) is 3.39. The summed E-state index contributed by atoms with van der Waals surface area (Å²) in [5, 5.41) is 8.05. The van der Waals surface area contributed by atoms with E-state index in [-0.39, 0.29) is 6.10 Å². The Bertz CT molecular complexity index is 1260. The number of rotatable bonds is 8. The van der Waals surface area contributed by atoms with Crippen LogP contribution in [-0.2, 0) is 0 Å². The maximum absolute atomic E-state index is 6.25. The molecule has 1 aliphatic heterocycles. The Hall–Kier alpha value is -3.77. The highest BCUT2D eigenvalue weighted by Gasteiger charge is 2.23. The van der Waals surface area contributed by atoms with Gasteiger partial charge in [0, 0.05) is 17.2 Å². The number of benzene rings is 3. The lowest BCUT2D eigenvalue weighted by Crippen LogP contribution is -2.44. The summed E-state index contributed by atoms with van der Waals surface area (Å²) < 4.78 is 22.9. The first-order chi connectivity index (χ1) is 17.7. The molecule has 0 aliphatic carbocycles. The number of hydrogen-bond donors (Lipinski definition) is 1. The second-order valence-corrected chi connectivity index (χ2v) is 9.10. The molecule has 1 fully saturated rings. The minimum absolute atomic E-state index is 0.109. The van der Waals surface area contributed by atoms with Crippen LogP contribution in [0.15, 0.2) is 77.3 Å². The van der Waals surface area contributed by atoms with E-state index in [4.69, 9.17) is 18.7 Å². The largest absolute Gasteiger partial charge is 0.497 e. The van der Waals surface area contributed by atoms with Gasteiger partial charge in [-0.2, -0.15) is 0 Å². The fourth-order valence-corrected chi connectivity index (χ4v) is 4.72. The van der Waals surface area contributed by atoms with Gasteiger partial charge in [0.25, 0.3) is 0 Å². The van der Waals surface area contributed by atoms with Crippen LogP contribution in [0.3, 0.4) is 0 Å².